The van der Waals surface area contributed by atoms with E-state index in [-0.39, 0.29) is 13.2 Å². The molecule has 1 aliphatic heterocycles. The van der Waals surface area contributed by atoms with Crippen molar-refractivity contribution >= 4 is 17.8 Å². The first-order chi connectivity index (χ1) is 8.69. The van der Waals surface area contributed by atoms with E-state index in [1.54, 1.807) is 0 Å². The van der Waals surface area contributed by atoms with Crippen LogP contribution in [0.5, 0.6) is 0 Å². The van der Waals surface area contributed by atoms with Crippen LogP contribution in [0.3, 0.4) is 0 Å². The van der Waals surface area contributed by atoms with Crippen molar-refractivity contribution in [3.63, 3.8) is 0 Å². The molecule has 1 aromatic rings. The molecule has 1 fully saturated rings. The summed E-state index contributed by atoms with van der Waals surface area (Å²) in [6.45, 7) is 0.171. The van der Waals surface area contributed by atoms with Crippen LogP contribution < -0.4 is 0 Å². The van der Waals surface area contributed by atoms with Crippen LogP contribution in [0.15, 0.2) is 30.3 Å². The molecule has 0 aliphatic carbocycles. The van der Waals surface area contributed by atoms with E-state index < -0.39 is 17.2 Å². The van der Waals surface area contributed by atoms with Crippen LogP contribution in [-0.4, -0.2) is 36.6 Å². The number of rotatable bonds is 7. The van der Waals surface area contributed by atoms with Gasteiger partial charge in [0, 0.05) is 0 Å². The number of Topliss-reactive ketones (excluding diaryl/α,β-unsaturated/α-hetero) is 2. The molecule has 5 heteroatoms. The van der Waals surface area contributed by atoms with Gasteiger partial charge in [-0.1, -0.05) is 30.3 Å². The van der Waals surface area contributed by atoms with Crippen molar-refractivity contribution in [2.24, 2.45) is 0 Å². The average Bonchev–Trinajstić information content (AvgIpc) is 3.20. The molecule has 5 nitrogen and oxygen atoms in total. The summed E-state index contributed by atoms with van der Waals surface area (Å²) in [6, 6.07) is 9.42. The minimum Gasteiger partial charge on any atom is -0.369 e. The Morgan fingerprint density at radius 3 is 2.61 bits per heavy atom. The van der Waals surface area contributed by atoms with Gasteiger partial charge in [-0.2, -0.15) is 0 Å². The first-order valence-corrected chi connectivity index (χ1v) is 5.53. The van der Waals surface area contributed by atoms with E-state index in [0.29, 0.717) is 12.8 Å². The molecule has 0 bridgehead atoms. The third-order valence-electron chi connectivity index (χ3n) is 2.76. The average molecular weight is 247 g/mol. The Labute approximate surface area is 104 Å². The maximum Gasteiger partial charge on any atom is 0.215 e. The summed E-state index contributed by atoms with van der Waals surface area (Å²) in [4.78, 5) is 23.1. The van der Waals surface area contributed by atoms with Gasteiger partial charge in [0.2, 0.25) is 17.2 Å². The predicted octanol–water partition coefficient (Wildman–Crippen LogP) is 0.760. The van der Waals surface area contributed by atoms with E-state index in [9.17, 15) is 9.59 Å². The number of carbonyl (C=O) groups excluding carboxylic acids is 2. The molecule has 0 aromatic heterocycles. The van der Waals surface area contributed by atoms with Gasteiger partial charge in [0.1, 0.15) is 6.61 Å². The van der Waals surface area contributed by atoms with E-state index in [2.05, 4.69) is 0 Å². The van der Waals surface area contributed by atoms with Gasteiger partial charge in [0.25, 0.3) is 0 Å². The van der Waals surface area contributed by atoms with Crippen LogP contribution in [0.1, 0.15) is 5.56 Å². The first kappa shape index (κ1) is 12.6. The highest BCUT2D eigenvalue weighted by Gasteiger charge is 2.57. The molecule has 0 unspecified atom stereocenters. The number of ketones is 2. The standard InChI is InChI=1S/C13H13NO4/c14-6-11(15)13(9-18-13)12(16)8-17-7-10-4-2-1-3-5-10/h1-6,14H,7-9H2/t13-/m0/s1. The Kier molecular flexibility index (Phi) is 3.64. The second-order valence-electron chi connectivity index (χ2n) is 4.03. The van der Waals surface area contributed by atoms with Crippen LogP contribution in [0, 0.1) is 5.41 Å². The fourth-order valence-corrected chi connectivity index (χ4v) is 1.58. The normalized spacial score (nSPS) is 21.3. The Bertz CT molecular complexity index is 465. The third-order valence-corrected chi connectivity index (χ3v) is 2.76. The van der Waals surface area contributed by atoms with Crippen molar-refractivity contribution in [1.82, 2.24) is 0 Å². The van der Waals surface area contributed by atoms with Crippen molar-refractivity contribution in [2.45, 2.75) is 12.2 Å². The number of carbonyl (C=O) groups is 2. The Morgan fingerprint density at radius 2 is 2.06 bits per heavy atom. The van der Waals surface area contributed by atoms with E-state index in [4.69, 9.17) is 14.9 Å². The molecule has 1 heterocycles. The monoisotopic (exact) mass is 247 g/mol. The second-order valence-corrected chi connectivity index (χ2v) is 4.03. The van der Waals surface area contributed by atoms with Gasteiger partial charge in [-0.25, -0.2) is 0 Å². The van der Waals surface area contributed by atoms with Crippen molar-refractivity contribution in [3.8, 4) is 0 Å². The lowest BCUT2D eigenvalue weighted by Crippen LogP contribution is -2.37. The zero-order chi connectivity index (χ0) is 13.0. The first-order valence-electron chi connectivity index (χ1n) is 5.53. The summed E-state index contributed by atoms with van der Waals surface area (Å²) in [6.07, 6.45) is 0.613. The van der Waals surface area contributed by atoms with Crippen LogP contribution in [0.25, 0.3) is 0 Å². The molecule has 0 radical (unpaired) electrons. The highest BCUT2D eigenvalue weighted by Crippen LogP contribution is 2.28. The number of hydrogen-bond donors (Lipinski definition) is 1. The maximum absolute atomic E-state index is 11.7. The van der Waals surface area contributed by atoms with Crippen molar-refractivity contribution < 1.29 is 19.1 Å². The molecular formula is C13H13NO4. The number of benzene rings is 1. The highest BCUT2D eigenvalue weighted by molar-refractivity contribution is 6.38. The van der Waals surface area contributed by atoms with Crippen LogP contribution in [-0.2, 0) is 25.7 Å². The topological polar surface area (TPSA) is 79.8 Å². The Morgan fingerprint density at radius 1 is 1.39 bits per heavy atom. The fraction of sp³-hybridized carbons (Fsp3) is 0.308. The number of epoxide rings is 1. The van der Waals surface area contributed by atoms with E-state index in [1.165, 1.54) is 0 Å². The van der Waals surface area contributed by atoms with Gasteiger partial charge in [0.05, 0.1) is 19.4 Å². The SMILES string of the molecule is N=CC(=O)[C@]1(C(=O)COCc2ccccc2)CO1. The fourth-order valence-electron chi connectivity index (χ4n) is 1.58. The van der Waals surface area contributed by atoms with Gasteiger partial charge in [-0.15, -0.1) is 0 Å². The maximum atomic E-state index is 11.7. The van der Waals surface area contributed by atoms with E-state index in [1.807, 2.05) is 30.3 Å². The summed E-state index contributed by atoms with van der Waals surface area (Å²) in [5.74, 6) is -1.04. The number of ether oxygens (including phenoxy) is 2. The molecule has 0 saturated carbocycles. The lowest BCUT2D eigenvalue weighted by Gasteiger charge is -2.07. The Balaban J connectivity index is 1.83. The molecule has 2 rings (SSSR count). The largest absolute Gasteiger partial charge is 0.369 e. The van der Waals surface area contributed by atoms with E-state index >= 15 is 0 Å². The molecule has 0 spiro atoms. The molecule has 1 aliphatic rings. The van der Waals surface area contributed by atoms with Gasteiger partial charge in [-0.3, -0.25) is 9.59 Å². The molecule has 1 saturated heterocycles. The smallest absolute Gasteiger partial charge is 0.215 e. The van der Waals surface area contributed by atoms with Gasteiger partial charge in [-0.05, 0) is 5.56 Å². The van der Waals surface area contributed by atoms with Crippen LogP contribution in [0.4, 0.5) is 0 Å². The van der Waals surface area contributed by atoms with Crippen molar-refractivity contribution in [3.05, 3.63) is 35.9 Å². The van der Waals surface area contributed by atoms with Crippen LogP contribution >= 0.6 is 0 Å². The summed E-state index contributed by atoms with van der Waals surface area (Å²) in [7, 11) is 0. The molecule has 18 heavy (non-hydrogen) atoms. The predicted molar refractivity (Wildman–Crippen MR) is 63.6 cm³/mol. The van der Waals surface area contributed by atoms with Crippen molar-refractivity contribution in [2.75, 3.05) is 13.2 Å². The van der Waals surface area contributed by atoms with Gasteiger partial charge >= 0.3 is 0 Å². The zero-order valence-corrected chi connectivity index (χ0v) is 9.72. The minimum atomic E-state index is -1.43. The summed E-state index contributed by atoms with van der Waals surface area (Å²) in [5.41, 5.74) is -0.479. The lowest BCUT2D eigenvalue weighted by atomic mass is 10.0. The minimum absolute atomic E-state index is 0.0503. The molecule has 1 aromatic carbocycles. The zero-order valence-electron chi connectivity index (χ0n) is 9.72. The molecule has 94 valence electrons. The summed E-state index contributed by atoms with van der Waals surface area (Å²) < 4.78 is 10.1. The summed E-state index contributed by atoms with van der Waals surface area (Å²) in [5, 5.41) is 6.86. The number of hydrogen-bond acceptors (Lipinski definition) is 5. The van der Waals surface area contributed by atoms with Gasteiger partial charge < -0.3 is 14.9 Å². The van der Waals surface area contributed by atoms with Crippen molar-refractivity contribution in [1.29, 1.82) is 5.41 Å². The molecular weight excluding hydrogens is 234 g/mol. The second kappa shape index (κ2) is 5.20. The molecule has 1 atom stereocenters. The quantitative estimate of drug-likeness (QED) is 0.438. The Hall–Kier alpha value is -1.85. The van der Waals surface area contributed by atoms with Gasteiger partial charge in [0.15, 0.2) is 0 Å². The third kappa shape index (κ3) is 2.52. The highest BCUT2D eigenvalue weighted by atomic mass is 16.6. The van der Waals surface area contributed by atoms with E-state index in [0.717, 1.165) is 5.56 Å². The van der Waals surface area contributed by atoms with Crippen LogP contribution in [0.2, 0.25) is 0 Å². The molecule has 0 amide bonds. The lowest BCUT2D eigenvalue weighted by molar-refractivity contribution is -0.134. The number of nitrogens with one attached hydrogen (secondary N) is 1. The molecule has 1 N–H and O–H groups in total. The summed E-state index contributed by atoms with van der Waals surface area (Å²) >= 11 is 0.